The lowest BCUT2D eigenvalue weighted by Gasteiger charge is -2.08. The maximum atomic E-state index is 12.5. The number of carbonyl (C=O) groups excluding carboxylic acids is 1. The number of ketones is 1. The SMILES string of the molecule is CC(=O)c1c(C)nn(-c2ccccc2)c1OB(F)F. The Labute approximate surface area is 109 Å². The minimum absolute atomic E-state index is 0.0733. The van der Waals surface area contributed by atoms with Crippen molar-refractivity contribution in [2.75, 3.05) is 0 Å². The smallest absolute Gasteiger partial charge is 0.490 e. The number of aryl methyl sites for hydroxylation is 1. The molecule has 1 aromatic heterocycles. The van der Waals surface area contributed by atoms with Gasteiger partial charge in [0.15, 0.2) is 5.78 Å². The molecule has 0 aliphatic carbocycles. The van der Waals surface area contributed by atoms with E-state index >= 15 is 0 Å². The van der Waals surface area contributed by atoms with Crippen LogP contribution in [-0.4, -0.2) is 23.0 Å². The summed E-state index contributed by atoms with van der Waals surface area (Å²) in [6, 6.07) is 8.65. The first-order chi connectivity index (χ1) is 9.00. The highest BCUT2D eigenvalue weighted by molar-refractivity contribution is 6.35. The summed E-state index contributed by atoms with van der Waals surface area (Å²) in [4.78, 5) is 11.5. The van der Waals surface area contributed by atoms with Crippen LogP contribution in [0.15, 0.2) is 30.3 Å². The summed E-state index contributed by atoms with van der Waals surface area (Å²) in [5, 5.41) is 4.09. The Morgan fingerprint density at radius 1 is 1.32 bits per heavy atom. The second kappa shape index (κ2) is 5.21. The van der Waals surface area contributed by atoms with Crippen LogP contribution >= 0.6 is 0 Å². The van der Waals surface area contributed by atoms with Crippen LogP contribution in [0.3, 0.4) is 0 Å². The number of hydrogen-bond acceptors (Lipinski definition) is 3. The van der Waals surface area contributed by atoms with Gasteiger partial charge in [-0.05, 0) is 26.0 Å². The minimum Gasteiger partial charge on any atom is -0.490 e. The van der Waals surface area contributed by atoms with Crippen LogP contribution in [-0.2, 0) is 0 Å². The van der Waals surface area contributed by atoms with Crippen molar-refractivity contribution in [3.8, 4) is 11.6 Å². The molecule has 0 saturated carbocycles. The normalized spacial score (nSPS) is 10.3. The third-order valence-electron chi connectivity index (χ3n) is 2.57. The van der Waals surface area contributed by atoms with Gasteiger partial charge in [0.1, 0.15) is 5.56 Å². The van der Waals surface area contributed by atoms with Crippen LogP contribution in [0.1, 0.15) is 23.0 Å². The Kier molecular flexibility index (Phi) is 3.64. The molecule has 98 valence electrons. The van der Waals surface area contributed by atoms with Gasteiger partial charge in [-0.15, -0.1) is 0 Å². The van der Waals surface area contributed by atoms with Gasteiger partial charge in [-0.2, -0.15) is 5.10 Å². The molecule has 0 aliphatic rings. The molecule has 0 spiro atoms. The molecule has 2 rings (SSSR count). The number of halogens is 2. The predicted molar refractivity (Wildman–Crippen MR) is 66.9 cm³/mol. The summed E-state index contributed by atoms with van der Waals surface area (Å²) in [6.07, 6.45) is 0. The van der Waals surface area contributed by atoms with Crippen LogP contribution in [0.4, 0.5) is 8.63 Å². The summed E-state index contributed by atoms with van der Waals surface area (Å²) in [6.45, 7) is 2.87. The molecule has 0 amide bonds. The monoisotopic (exact) mass is 264 g/mol. The van der Waals surface area contributed by atoms with Gasteiger partial charge >= 0.3 is 7.47 Å². The first-order valence-electron chi connectivity index (χ1n) is 5.61. The lowest BCUT2D eigenvalue weighted by Crippen LogP contribution is -2.14. The first-order valence-corrected chi connectivity index (χ1v) is 5.61. The molecule has 0 unspecified atom stereocenters. The van der Waals surface area contributed by atoms with Gasteiger partial charge in [-0.1, -0.05) is 18.2 Å². The minimum atomic E-state index is -3.02. The van der Waals surface area contributed by atoms with E-state index in [1.807, 2.05) is 0 Å². The summed E-state index contributed by atoms with van der Waals surface area (Å²) >= 11 is 0. The van der Waals surface area contributed by atoms with Crippen molar-refractivity contribution in [1.29, 1.82) is 0 Å². The molecule has 19 heavy (non-hydrogen) atoms. The third kappa shape index (κ3) is 2.64. The molecule has 0 aliphatic heterocycles. The van der Waals surface area contributed by atoms with Crippen molar-refractivity contribution in [2.24, 2.45) is 0 Å². The van der Waals surface area contributed by atoms with Crippen molar-refractivity contribution in [3.63, 3.8) is 0 Å². The molecule has 0 saturated heterocycles. The number of nitrogens with zero attached hydrogens (tertiary/aromatic N) is 2. The molecule has 0 fully saturated rings. The van der Waals surface area contributed by atoms with E-state index in [0.717, 1.165) is 0 Å². The number of carbonyl (C=O) groups is 1. The van der Waals surface area contributed by atoms with Gasteiger partial charge in [0.2, 0.25) is 5.88 Å². The van der Waals surface area contributed by atoms with Crippen LogP contribution in [0.5, 0.6) is 5.88 Å². The zero-order valence-electron chi connectivity index (χ0n) is 10.4. The Bertz CT molecular complexity index is 599. The van der Waals surface area contributed by atoms with Crippen molar-refractivity contribution >= 4 is 13.3 Å². The van der Waals surface area contributed by atoms with E-state index < -0.39 is 7.47 Å². The van der Waals surface area contributed by atoms with Crippen molar-refractivity contribution in [1.82, 2.24) is 9.78 Å². The molecule has 0 radical (unpaired) electrons. The van der Waals surface area contributed by atoms with Crippen LogP contribution in [0.2, 0.25) is 0 Å². The highest BCUT2D eigenvalue weighted by Crippen LogP contribution is 2.27. The van der Waals surface area contributed by atoms with Crippen LogP contribution in [0, 0.1) is 6.92 Å². The number of rotatable bonds is 4. The van der Waals surface area contributed by atoms with E-state index in [9.17, 15) is 13.4 Å². The van der Waals surface area contributed by atoms with Crippen molar-refractivity contribution < 1.29 is 18.1 Å². The molecule has 2 aromatic rings. The van der Waals surface area contributed by atoms with Gasteiger partial charge in [-0.3, -0.25) is 4.79 Å². The first kappa shape index (κ1) is 13.3. The predicted octanol–water partition coefficient (Wildman–Crippen LogP) is 2.69. The highest BCUT2D eigenvalue weighted by Gasteiger charge is 2.27. The van der Waals surface area contributed by atoms with Gasteiger partial charge in [0.05, 0.1) is 11.4 Å². The fraction of sp³-hybridized carbons (Fsp3) is 0.167. The Balaban J connectivity index is 2.61. The number of Topliss-reactive ketones (excluding diaryl/α,β-unsaturated/α-hetero) is 1. The maximum Gasteiger partial charge on any atom is 0.797 e. The molecule has 4 nitrogen and oxygen atoms in total. The van der Waals surface area contributed by atoms with Gasteiger partial charge in [-0.25, -0.2) is 13.3 Å². The number of aromatic nitrogens is 2. The van der Waals surface area contributed by atoms with Crippen molar-refractivity contribution in [2.45, 2.75) is 13.8 Å². The average Bonchev–Trinajstić information content (AvgIpc) is 2.66. The van der Waals surface area contributed by atoms with Gasteiger partial charge < -0.3 is 4.65 Å². The Morgan fingerprint density at radius 2 is 1.95 bits per heavy atom. The van der Waals surface area contributed by atoms with E-state index in [4.69, 9.17) is 0 Å². The topological polar surface area (TPSA) is 44.1 Å². The zero-order chi connectivity index (χ0) is 14.0. The maximum absolute atomic E-state index is 12.5. The Morgan fingerprint density at radius 3 is 2.47 bits per heavy atom. The van der Waals surface area contributed by atoms with Gasteiger partial charge in [0, 0.05) is 0 Å². The van der Waals surface area contributed by atoms with E-state index in [1.165, 1.54) is 11.6 Å². The number of para-hydroxylation sites is 1. The quantitative estimate of drug-likeness (QED) is 0.629. The second-order valence-corrected chi connectivity index (χ2v) is 3.95. The zero-order valence-corrected chi connectivity index (χ0v) is 10.4. The standard InChI is InChI=1S/C12H11BF2N2O2/c1-8-11(9(2)18)12(19-13(14)15)17(16-8)10-6-4-3-5-7-10/h3-7H,1-2H3. The van der Waals surface area contributed by atoms with Crippen LogP contribution < -0.4 is 4.65 Å². The summed E-state index contributed by atoms with van der Waals surface area (Å²) in [7, 11) is -3.02. The molecular formula is C12H11BF2N2O2. The summed E-state index contributed by atoms with van der Waals surface area (Å²) in [5.74, 6) is -0.596. The lowest BCUT2D eigenvalue weighted by molar-refractivity contribution is 0.101. The molecule has 0 bridgehead atoms. The average molecular weight is 264 g/mol. The fourth-order valence-corrected chi connectivity index (χ4v) is 1.85. The number of hydrogen-bond donors (Lipinski definition) is 0. The molecule has 7 heteroatoms. The fourth-order valence-electron chi connectivity index (χ4n) is 1.85. The van der Waals surface area contributed by atoms with Gasteiger partial charge in [0.25, 0.3) is 0 Å². The third-order valence-corrected chi connectivity index (χ3v) is 2.57. The highest BCUT2D eigenvalue weighted by atomic mass is 19.2. The molecule has 1 heterocycles. The van der Waals surface area contributed by atoms with Crippen molar-refractivity contribution in [3.05, 3.63) is 41.6 Å². The molecule has 0 atom stereocenters. The Hall–Kier alpha value is -2.18. The largest absolute Gasteiger partial charge is 0.797 e. The summed E-state index contributed by atoms with van der Waals surface area (Å²) in [5.41, 5.74) is 0.977. The molecule has 0 N–H and O–H groups in total. The summed E-state index contributed by atoms with van der Waals surface area (Å²) < 4.78 is 30.7. The molecular weight excluding hydrogens is 253 g/mol. The lowest BCUT2D eigenvalue weighted by atomic mass is 10.2. The van der Waals surface area contributed by atoms with E-state index in [-0.39, 0.29) is 17.2 Å². The van der Waals surface area contributed by atoms with E-state index in [1.54, 1.807) is 37.3 Å². The van der Waals surface area contributed by atoms with Crippen LogP contribution in [0.25, 0.3) is 5.69 Å². The number of benzene rings is 1. The van der Waals surface area contributed by atoms with E-state index in [2.05, 4.69) is 9.75 Å². The second-order valence-electron chi connectivity index (χ2n) is 3.95. The molecule has 1 aromatic carbocycles. The van der Waals surface area contributed by atoms with E-state index in [0.29, 0.717) is 11.4 Å².